The molecule has 1 saturated heterocycles. The summed E-state index contributed by atoms with van der Waals surface area (Å²) in [7, 11) is 0. The largest absolute Gasteiger partial charge is 0.368 e. The van der Waals surface area contributed by atoms with E-state index >= 15 is 0 Å². The van der Waals surface area contributed by atoms with E-state index in [2.05, 4.69) is 20.2 Å². The van der Waals surface area contributed by atoms with Crippen LogP contribution in [0.4, 0.5) is 5.95 Å². The van der Waals surface area contributed by atoms with Crippen LogP contribution in [0.5, 0.6) is 0 Å². The summed E-state index contributed by atoms with van der Waals surface area (Å²) in [5.41, 5.74) is 7.06. The van der Waals surface area contributed by atoms with Gasteiger partial charge in [0.25, 0.3) is 0 Å². The van der Waals surface area contributed by atoms with Crippen molar-refractivity contribution in [3.8, 4) is 0 Å². The first-order chi connectivity index (χ1) is 12.7. The Morgan fingerprint density at radius 1 is 1.15 bits per heavy atom. The first-order valence-corrected chi connectivity index (χ1v) is 8.55. The van der Waals surface area contributed by atoms with Gasteiger partial charge < -0.3 is 10.6 Å². The van der Waals surface area contributed by atoms with Crippen LogP contribution >= 0.6 is 0 Å². The molecule has 0 bridgehead atoms. The molecule has 8 nitrogen and oxygen atoms in total. The normalized spacial score (nSPS) is 15.8. The van der Waals surface area contributed by atoms with Crippen LogP contribution in [0.25, 0.3) is 11.7 Å². The van der Waals surface area contributed by atoms with E-state index in [1.807, 2.05) is 33.7 Å². The Bertz CT molecular complexity index is 940. The topological polar surface area (TPSA) is 102 Å². The van der Waals surface area contributed by atoms with E-state index in [1.165, 1.54) is 0 Å². The van der Waals surface area contributed by atoms with Crippen molar-refractivity contribution in [2.45, 2.75) is 18.8 Å². The van der Waals surface area contributed by atoms with Gasteiger partial charge in [-0.2, -0.15) is 0 Å². The van der Waals surface area contributed by atoms with Crippen molar-refractivity contribution in [3.05, 3.63) is 54.3 Å². The van der Waals surface area contributed by atoms with Gasteiger partial charge in [0.05, 0.1) is 0 Å². The predicted molar refractivity (Wildman–Crippen MR) is 97.0 cm³/mol. The van der Waals surface area contributed by atoms with E-state index in [4.69, 9.17) is 5.73 Å². The van der Waals surface area contributed by atoms with E-state index in [1.54, 1.807) is 24.5 Å². The molecule has 0 unspecified atom stereocenters. The molecule has 26 heavy (non-hydrogen) atoms. The SMILES string of the molecule is Nc1ncc(/C=C/C(=O)N2CCC(c3nnc4ccccn34)CC2)cn1. The molecule has 132 valence electrons. The molecule has 0 atom stereocenters. The molecule has 3 aromatic heterocycles. The molecule has 2 N–H and O–H groups in total. The number of hydrogen-bond donors (Lipinski definition) is 1. The van der Waals surface area contributed by atoms with E-state index in [9.17, 15) is 4.79 Å². The number of nitrogens with zero attached hydrogens (tertiary/aromatic N) is 6. The second kappa shape index (κ2) is 6.91. The summed E-state index contributed by atoms with van der Waals surface area (Å²) in [6.45, 7) is 1.40. The Balaban J connectivity index is 1.38. The van der Waals surface area contributed by atoms with Crippen LogP contribution in [0.2, 0.25) is 0 Å². The molecule has 3 aromatic rings. The average molecular weight is 349 g/mol. The first kappa shape index (κ1) is 16.2. The lowest BCUT2D eigenvalue weighted by molar-refractivity contribution is -0.127. The van der Waals surface area contributed by atoms with Crippen LogP contribution in [0, 0.1) is 0 Å². The molecule has 0 aliphatic carbocycles. The summed E-state index contributed by atoms with van der Waals surface area (Å²) in [6, 6.07) is 5.87. The van der Waals surface area contributed by atoms with Crippen molar-refractivity contribution in [2.24, 2.45) is 0 Å². The van der Waals surface area contributed by atoms with Gasteiger partial charge >= 0.3 is 0 Å². The zero-order valence-electron chi connectivity index (χ0n) is 14.2. The molecule has 0 radical (unpaired) electrons. The van der Waals surface area contributed by atoms with Crippen molar-refractivity contribution >= 4 is 23.6 Å². The Morgan fingerprint density at radius 2 is 1.92 bits per heavy atom. The number of hydrogen-bond acceptors (Lipinski definition) is 6. The van der Waals surface area contributed by atoms with Crippen LogP contribution in [0.1, 0.15) is 30.1 Å². The van der Waals surface area contributed by atoms with Gasteiger partial charge in [0, 0.05) is 49.2 Å². The van der Waals surface area contributed by atoms with Gasteiger partial charge in [-0.1, -0.05) is 6.07 Å². The molecule has 0 spiro atoms. The van der Waals surface area contributed by atoms with E-state index < -0.39 is 0 Å². The maximum atomic E-state index is 12.4. The van der Waals surface area contributed by atoms with Gasteiger partial charge in [-0.05, 0) is 31.1 Å². The summed E-state index contributed by atoms with van der Waals surface area (Å²) in [6.07, 6.45) is 10.2. The number of nitrogens with two attached hydrogens (primary N) is 1. The Morgan fingerprint density at radius 3 is 2.69 bits per heavy atom. The number of anilines is 1. The van der Waals surface area contributed by atoms with Crippen molar-refractivity contribution in [2.75, 3.05) is 18.8 Å². The zero-order chi connectivity index (χ0) is 17.9. The number of piperidine rings is 1. The number of aromatic nitrogens is 5. The highest BCUT2D eigenvalue weighted by Crippen LogP contribution is 2.27. The Hall–Kier alpha value is -3.29. The molecular formula is C18H19N7O. The number of amides is 1. The molecule has 1 aliphatic heterocycles. The summed E-state index contributed by atoms with van der Waals surface area (Å²) < 4.78 is 2.03. The van der Waals surface area contributed by atoms with Crippen LogP contribution < -0.4 is 5.73 Å². The minimum absolute atomic E-state index is 0.00798. The lowest BCUT2D eigenvalue weighted by atomic mass is 9.96. The number of carbonyl (C=O) groups is 1. The second-order valence-electron chi connectivity index (χ2n) is 6.29. The van der Waals surface area contributed by atoms with Crippen LogP contribution in [0.15, 0.2) is 42.9 Å². The van der Waals surface area contributed by atoms with E-state index in [-0.39, 0.29) is 11.9 Å². The Labute approximate surface area is 150 Å². The van der Waals surface area contributed by atoms with Gasteiger partial charge in [0.1, 0.15) is 5.82 Å². The second-order valence-corrected chi connectivity index (χ2v) is 6.29. The molecule has 1 aliphatic rings. The van der Waals surface area contributed by atoms with Gasteiger partial charge in [-0.3, -0.25) is 9.20 Å². The quantitative estimate of drug-likeness (QED) is 0.719. The third-order valence-electron chi connectivity index (χ3n) is 4.62. The number of carbonyl (C=O) groups excluding carboxylic acids is 1. The summed E-state index contributed by atoms with van der Waals surface area (Å²) in [5, 5.41) is 8.56. The third kappa shape index (κ3) is 3.26. The summed E-state index contributed by atoms with van der Waals surface area (Å²) >= 11 is 0. The van der Waals surface area contributed by atoms with Gasteiger partial charge in [0.2, 0.25) is 11.9 Å². The third-order valence-corrected chi connectivity index (χ3v) is 4.62. The average Bonchev–Trinajstić information content (AvgIpc) is 3.11. The fourth-order valence-corrected chi connectivity index (χ4v) is 3.20. The zero-order valence-corrected chi connectivity index (χ0v) is 14.2. The first-order valence-electron chi connectivity index (χ1n) is 8.55. The molecule has 0 saturated carbocycles. The van der Waals surface area contributed by atoms with Crippen molar-refractivity contribution in [3.63, 3.8) is 0 Å². The smallest absolute Gasteiger partial charge is 0.246 e. The summed E-state index contributed by atoms with van der Waals surface area (Å²) in [4.78, 5) is 22.1. The van der Waals surface area contributed by atoms with Crippen molar-refractivity contribution in [1.29, 1.82) is 0 Å². The summed E-state index contributed by atoms with van der Waals surface area (Å²) in [5.74, 6) is 1.50. The molecule has 1 fully saturated rings. The minimum Gasteiger partial charge on any atom is -0.368 e. The molecule has 4 rings (SSSR count). The number of nitrogen functional groups attached to an aromatic ring is 1. The minimum atomic E-state index is -0.00798. The van der Waals surface area contributed by atoms with Crippen molar-refractivity contribution < 1.29 is 4.79 Å². The molecule has 0 aromatic carbocycles. The van der Waals surface area contributed by atoms with Gasteiger partial charge in [-0.25, -0.2) is 9.97 Å². The number of rotatable bonds is 3. The monoisotopic (exact) mass is 349 g/mol. The van der Waals surface area contributed by atoms with E-state index in [0.29, 0.717) is 19.0 Å². The van der Waals surface area contributed by atoms with Gasteiger partial charge in [0.15, 0.2) is 5.65 Å². The number of pyridine rings is 1. The number of fused-ring (bicyclic) bond motifs is 1. The highest BCUT2D eigenvalue weighted by Gasteiger charge is 2.25. The lowest BCUT2D eigenvalue weighted by Gasteiger charge is -2.30. The molecule has 8 heteroatoms. The highest BCUT2D eigenvalue weighted by molar-refractivity contribution is 5.91. The fourth-order valence-electron chi connectivity index (χ4n) is 3.20. The maximum absolute atomic E-state index is 12.4. The van der Waals surface area contributed by atoms with Crippen LogP contribution in [-0.4, -0.2) is 48.5 Å². The maximum Gasteiger partial charge on any atom is 0.246 e. The molecule has 1 amide bonds. The highest BCUT2D eigenvalue weighted by atomic mass is 16.2. The fraction of sp³-hybridized carbons (Fsp3) is 0.278. The van der Waals surface area contributed by atoms with E-state index in [0.717, 1.165) is 29.9 Å². The van der Waals surface area contributed by atoms with Crippen molar-refractivity contribution in [1.82, 2.24) is 29.5 Å². The lowest BCUT2D eigenvalue weighted by Crippen LogP contribution is -2.37. The van der Waals surface area contributed by atoms with Crippen LogP contribution in [-0.2, 0) is 4.79 Å². The molecular weight excluding hydrogens is 330 g/mol. The number of likely N-dealkylation sites (tertiary alicyclic amines) is 1. The van der Waals surface area contributed by atoms with Gasteiger partial charge in [-0.15, -0.1) is 10.2 Å². The predicted octanol–water partition coefficient (Wildman–Crippen LogP) is 1.52. The Kier molecular flexibility index (Phi) is 4.30. The van der Waals surface area contributed by atoms with Crippen LogP contribution in [0.3, 0.4) is 0 Å². The standard InChI is InChI=1S/C18H19N7O/c19-18-20-11-13(12-21-18)4-5-16(26)24-9-6-14(7-10-24)17-23-22-15-3-1-2-8-25(15)17/h1-5,8,11-12,14H,6-7,9-10H2,(H2,19,20,21)/b5-4+. The molecule has 4 heterocycles.